The Bertz CT molecular complexity index is 1300. The highest BCUT2D eigenvalue weighted by Gasteiger charge is 2.30. The number of methoxy groups -OCH3 is 1. The van der Waals surface area contributed by atoms with Gasteiger partial charge >= 0.3 is 0 Å². The molecule has 2 N–H and O–H groups in total. The molecule has 0 fully saturated rings. The van der Waals surface area contributed by atoms with Gasteiger partial charge in [0.2, 0.25) is 5.91 Å². The number of ether oxygens (including phenoxy) is 1. The summed E-state index contributed by atoms with van der Waals surface area (Å²) in [5.74, 6) is -0.770. The van der Waals surface area contributed by atoms with E-state index in [1.807, 2.05) is 44.2 Å². The van der Waals surface area contributed by atoms with Crippen molar-refractivity contribution >= 4 is 27.5 Å². The number of benzene rings is 2. The summed E-state index contributed by atoms with van der Waals surface area (Å²) in [6, 6.07) is 18.6. The van der Waals surface area contributed by atoms with Crippen molar-refractivity contribution in [2.45, 2.75) is 39.2 Å². The fourth-order valence-corrected chi connectivity index (χ4v) is 5.31. The van der Waals surface area contributed by atoms with Gasteiger partial charge in [0.15, 0.2) is 0 Å². The van der Waals surface area contributed by atoms with Crippen LogP contribution in [0.5, 0.6) is 5.75 Å². The van der Waals surface area contributed by atoms with E-state index < -0.39 is 33.8 Å². The van der Waals surface area contributed by atoms with Crippen molar-refractivity contribution in [1.82, 2.24) is 15.2 Å². The highest BCUT2D eigenvalue weighted by Crippen LogP contribution is 2.18. The third-order valence-corrected chi connectivity index (χ3v) is 7.17. The van der Waals surface area contributed by atoms with Crippen LogP contribution in [0.2, 0.25) is 0 Å². The van der Waals surface area contributed by atoms with Gasteiger partial charge in [-0.1, -0.05) is 44.2 Å². The van der Waals surface area contributed by atoms with Crippen LogP contribution in [0, 0.1) is 5.92 Å². The highest BCUT2D eigenvalue weighted by atomic mass is 32.2. The Hall–Kier alpha value is -3.92. The average molecular weight is 553 g/mol. The molecule has 3 rings (SSSR count). The molecule has 0 saturated heterocycles. The quantitative estimate of drug-likeness (QED) is 0.311. The van der Waals surface area contributed by atoms with Gasteiger partial charge in [-0.2, -0.15) is 0 Å². The molecule has 1 heterocycles. The lowest BCUT2D eigenvalue weighted by molar-refractivity contribution is -0.132. The number of aryl methyl sites for hydroxylation is 1. The minimum atomic E-state index is -3.94. The number of sulfonamides is 1. The van der Waals surface area contributed by atoms with Gasteiger partial charge < -0.3 is 15.0 Å². The number of anilines is 1. The number of amides is 2. The fourth-order valence-electron chi connectivity index (χ4n) is 4.09. The molecule has 2 aromatic carbocycles. The molecule has 1 aromatic heterocycles. The van der Waals surface area contributed by atoms with Gasteiger partial charge in [0, 0.05) is 24.6 Å². The molecule has 0 unspecified atom stereocenters. The van der Waals surface area contributed by atoms with Crippen LogP contribution in [0.15, 0.2) is 79.1 Å². The second-order valence-corrected chi connectivity index (χ2v) is 11.4. The molecule has 2 amide bonds. The summed E-state index contributed by atoms with van der Waals surface area (Å²) in [4.78, 5) is 31.9. The fraction of sp³-hybridized carbons (Fsp3) is 0.345. The van der Waals surface area contributed by atoms with E-state index in [9.17, 15) is 18.0 Å². The maximum Gasteiger partial charge on any atom is 0.253 e. The molecule has 0 aliphatic rings. The first-order valence-electron chi connectivity index (χ1n) is 12.8. The predicted molar refractivity (Wildman–Crippen MR) is 152 cm³/mol. The van der Waals surface area contributed by atoms with E-state index in [-0.39, 0.29) is 12.5 Å². The standard InChI is InChI=1S/C29H36N4O5S/c1-22(2)19-27(31-28(34)24-12-7-17-30-20-24)29(35)33(18-8-11-23-9-5-4-6-10-23)21-39(36,37)32-25-13-15-26(38-3)16-14-25/h4-7,9-10,12-17,20,22,27,32H,8,11,18-19,21H2,1-3H3,(H,31,34)/t27-/m0/s1. The van der Waals surface area contributed by atoms with Crippen LogP contribution in [0.3, 0.4) is 0 Å². The van der Waals surface area contributed by atoms with E-state index in [0.717, 1.165) is 5.56 Å². The van der Waals surface area contributed by atoms with Crippen LogP contribution in [0.1, 0.15) is 42.6 Å². The number of rotatable bonds is 14. The smallest absolute Gasteiger partial charge is 0.253 e. The summed E-state index contributed by atoms with van der Waals surface area (Å²) in [5, 5.41) is 2.80. The zero-order chi connectivity index (χ0) is 28.3. The lowest BCUT2D eigenvalue weighted by atomic mass is 10.0. The Balaban J connectivity index is 1.80. The molecule has 0 aliphatic heterocycles. The average Bonchev–Trinajstić information content (AvgIpc) is 2.92. The molecule has 0 radical (unpaired) electrons. The lowest BCUT2D eigenvalue weighted by Crippen LogP contribution is -2.51. The first kappa shape index (κ1) is 29.6. The normalized spacial score (nSPS) is 12.0. The van der Waals surface area contributed by atoms with Crippen molar-refractivity contribution in [3.05, 3.63) is 90.3 Å². The molecule has 0 bridgehead atoms. The van der Waals surface area contributed by atoms with E-state index in [1.54, 1.807) is 42.6 Å². The summed E-state index contributed by atoms with van der Waals surface area (Å²) >= 11 is 0. The van der Waals surface area contributed by atoms with Gasteiger partial charge in [0.1, 0.15) is 17.7 Å². The molecule has 39 heavy (non-hydrogen) atoms. The van der Waals surface area contributed by atoms with Gasteiger partial charge in [-0.15, -0.1) is 0 Å². The topological polar surface area (TPSA) is 118 Å². The zero-order valence-electron chi connectivity index (χ0n) is 22.5. The number of hydrogen-bond donors (Lipinski definition) is 2. The number of carbonyl (C=O) groups excluding carboxylic acids is 2. The summed E-state index contributed by atoms with van der Waals surface area (Å²) in [6.07, 6.45) is 4.56. The maximum atomic E-state index is 13.8. The molecular formula is C29H36N4O5S. The SMILES string of the molecule is COc1ccc(NS(=O)(=O)CN(CCCc2ccccc2)C(=O)[C@H](CC(C)C)NC(=O)c2cccnc2)cc1. The van der Waals surface area contributed by atoms with Crippen molar-refractivity contribution < 1.29 is 22.7 Å². The first-order valence-corrected chi connectivity index (χ1v) is 14.5. The van der Waals surface area contributed by atoms with Gasteiger partial charge in [0.05, 0.1) is 12.7 Å². The number of carbonyl (C=O) groups is 2. The van der Waals surface area contributed by atoms with Crippen molar-refractivity contribution in [2.75, 3.05) is 24.3 Å². The Morgan fingerprint density at radius 2 is 1.72 bits per heavy atom. The Labute approximate surface area is 230 Å². The second kappa shape index (κ2) is 14.3. The van der Waals surface area contributed by atoms with Crippen LogP contribution in [-0.2, 0) is 21.2 Å². The Morgan fingerprint density at radius 1 is 1.00 bits per heavy atom. The lowest BCUT2D eigenvalue weighted by Gasteiger charge is -2.29. The number of aromatic nitrogens is 1. The molecule has 9 nitrogen and oxygen atoms in total. The summed E-state index contributed by atoms with van der Waals surface area (Å²) in [7, 11) is -2.42. The molecule has 0 aliphatic carbocycles. The summed E-state index contributed by atoms with van der Waals surface area (Å²) in [6.45, 7) is 4.09. The van der Waals surface area contributed by atoms with Gasteiger partial charge in [-0.05, 0) is 67.1 Å². The van der Waals surface area contributed by atoms with Crippen molar-refractivity contribution in [1.29, 1.82) is 0 Å². The minimum Gasteiger partial charge on any atom is -0.497 e. The third kappa shape index (κ3) is 9.72. The van der Waals surface area contributed by atoms with Crippen LogP contribution < -0.4 is 14.8 Å². The molecule has 208 valence electrons. The van der Waals surface area contributed by atoms with Gasteiger partial charge in [0.25, 0.3) is 15.9 Å². The Kier molecular flexibility index (Phi) is 10.9. The molecular weight excluding hydrogens is 516 g/mol. The van der Waals surface area contributed by atoms with Crippen LogP contribution >= 0.6 is 0 Å². The number of hydrogen-bond acceptors (Lipinski definition) is 6. The Morgan fingerprint density at radius 3 is 2.33 bits per heavy atom. The van der Waals surface area contributed by atoms with E-state index >= 15 is 0 Å². The molecule has 0 saturated carbocycles. The van der Waals surface area contributed by atoms with E-state index in [1.165, 1.54) is 18.2 Å². The van der Waals surface area contributed by atoms with E-state index in [2.05, 4.69) is 15.0 Å². The molecule has 0 spiro atoms. The second-order valence-electron chi connectivity index (χ2n) is 9.66. The summed E-state index contributed by atoms with van der Waals surface area (Å²) in [5.41, 5.74) is 1.77. The minimum absolute atomic E-state index is 0.0772. The van der Waals surface area contributed by atoms with Crippen LogP contribution in [-0.4, -0.2) is 55.7 Å². The highest BCUT2D eigenvalue weighted by molar-refractivity contribution is 7.92. The van der Waals surface area contributed by atoms with Crippen molar-refractivity contribution in [3.8, 4) is 5.75 Å². The predicted octanol–water partition coefficient (Wildman–Crippen LogP) is 4.10. The molecule has 3 aromatic rings. The zero-order valence-corrected chi connectivity index (χ0v) is 23.4. The molecule has 1 atom stereocenters. The van der Waals surface area contributed by atoms with E-state index in [0.29, 0.717) is 36.3 Å². The molecule has 10 heteroatoms. The third-order valence-electron chi connectivity index (χ3n) is 5.97. The van der Waals surface area contributed by atoms with Crippen LogP contribution in [0.4, 0.5) is 5.69 Å². The number of nitrogens with zero attached hydrogens (tertiary/aromatic N) is 2. The number of nitrogens with one attached hydrogen (secondary N) is 2. The first-order chi connectivity index (χ1) is 18.7. The maximum absolute atomic E-state index is 13.8. The number of pyridine rings is 1. The largest absolute Gasteiger partial charge is 0.497 e. The van der Waals surface area contributed by atoms with Gasteiger partial charge in [-0.25, -0.2) is 8.42 Å². The van der Waals surface area contributed by atoms with Gasteiger partial charge in [-0.3, -0.25) is 19.3 Å². The van der Waals surface area contributed by atoms with Crippen molar-refractivity contribution in [3.63, 3.8) is 0 Å². The monoisotopic (exact) mass is 552 g/mol. The van der Waals surface area contributed by atoms with Crippen molar-refractivity contribution in [2.24, 2.45) is 5.92 Å². The summed E-state index contributed by atoms with van der Waals surface area (Å²) < 4.78 is 34.0. The van der Waals surface area contributed by atoms with E-state index in [4.69, 9.17) is 4.74 Å². The van der Waals surface area contributed by atoms with Crippen LogP contribution in [0.25, 0.3) is 0 Å².